The van der Waals surface area contributed by atoms with Crippen LogP contribution in [0.5, 0.6) is 0 Å². The van der Waals surface area contributed by atoms with E-state index in [1.165, 1.54) is 44.5 Å². The van der Waals surface area contributed by atoms with Crippen LogP contribution < -0.4 is 5.73 Å². The molecule has 2 rings (SSSR count). The van der Waals surface area contributed by atoms with E-state index in [0.717, 1.165) is 11.8 Å². The second-order valence-corrected chi connectivity index (χ2v) is 6.53. The van der Waals surface area contributed by atoms with E-state index < -0.39 is 0 Å². The molecule has 0 amide bonds. The van der Waals surface area contributed by atoms with Crippen molar-refractivity contribution in [1.29, 1.82) is 0 Å². The van der Waals surface area contributed by atoms with E-state index in [1.54, 1.807) is 0 Å². The molecular weight excluding hydrogens is 192 g/mol. The standard InChI is InChI=1S/C11H22N2S/c1-10-8-13(6-7-14-10)9-11(12)4-2-3-5-11/h10H,2-9,12H2,1H3. The first kappa shape index (κ1) is 10.8. The topological polar surface area (TPSA) is 29.3 Å². The van der Waals surface area contributed by atoms with Gasteiger partial charge in [0.25, 0.3) is 0 Å². The molecule has 2 N–H and O–H groups in total. The lowest BCUT2D eigenvalue weighted by molar-refractivity contribution is 0.217. The number of nitrogens with zero attached hydrogens (tertiary/aromatic N) is 1. The van der Waals surface area contributed by atoms with Crippen LogP contribution in [0.4, 0.5) is 0 Å². The van der Waals surface area contributed by atoms with Crippen LogP contribution >= 0.6 is 11.8 Å². The Morgan fingerprint density at radius 1 is 1.43 bits per heavy atom. The third kappa shape index (κ3) is 2.65. The molecule has 0 spiro atoms. The molecule has 1 unspecified atom stereocenters. The molecule has 0 aromatic heterocycles. The predicted molar refractivity (Wildman–Crippen MR) is 63.7 cm³/mol. The molecule has 1 atom stereocenters. The summed E-state index contributed by atoms with van der Waals surface area (Å²) in [5.41, 5.74) is 6.54. The van der Waals surface area contributed by atoms with Gasteiger partial charge in [-0.25, -0.2) is 0 Å². The number of rotatable bonds is 2. The summed E-state index contributed by atoms with van der Waals surface area (Å²) in [6.45, 7) is 5.95. The van der Waals surface area contributed by atoms with Gasteiger partial charge in [-0.3, -0.25) is 4.90 Å². The Labute approximate surface area is 91.6 Å². The molecule has 1 aliphatic heterocycles. The fraction of sp³-hybridized carbons (Fsp3) is 1.00. The molecule has 82 valence electrons. The van der Waals surface area contributed by atoms with Crippen LogP contribution in [0.1, 0.15) is 32.6 Å². The summed E-state index contributed by atoms with van der Waals surface area (Å²) in [7, 11) is 0. The lowest BCUT2D eigenvalue weighted by Gasteiger charge is -2.36. The van der Waals surface area contributed by atoms with Crippen molar-refractivity contribution in [2.45, 2.75) is 43.4 Å². The zero-order valence-electron chi connectivity index (χ0n) is 9.17. The maximum atomic E-state index is 6.39. The first-order valence-electron chi connectivity index (χ1n) is 5.81. The summed E-state index contributed by atoms with van der Waals surface area (Å²) in [6, 6.07) is 0. The van der Waals surface area contributed by atoms with Crippen LogP contribution in [-0.2, 0) is 0 Å². The van der Waals surface area contributed by atoms with Crippen molar-refractivity contribution >= 4 is 11.8 Å². The van der Waals surface area contributed by atoms with Gasteiger partial charge in [-0.05, 0) is 12.8 Å². The number of nitrogens with two attached hydrogens (primary N) is 1. The Hall–Kier alpha value is 0.270. The van der Waals surface area contributed by atoms with E-state index >= 15 is 0 Å². The van der Waals surface area contributed by atoms with Crippen LogP contribution in [0, 0.1) is 0 Å². The van der Waals surface area contributed by atoms with E-state index in [-0.39, 0.29) is 5.54 Å². The molecule has 2 fully saturated rings. The van der Waals surface area contributed by atoms with Gasteiger partial charge in [0.05, 0.1) is 0 Å². The largest absolute Gasteiger partial charge is 0.324 e. The Bertz CT molecular complexity index is 190. The van der Waals surface area contributed by atoms with Crippen molar-refractivity contribution < 1.29 is 0 Å². The number of hydrogen-bond donors (Lipinski definition) is 1. The molecule has 1 saturated carbocycles. The summed E-state index contributed by atoms with van der Waals surface area (Å²) >= 11 is 2.10. The summed E-state index contributed by atoms with van der Waals surface area (Å²) in [5.74, 6) is 1.29. The van der Waals surface area contributed by atoms with Crippen molar-refractivity contribution in [1.82, 2.24) is 4.90 Å². The van der Waals surface area contributed by atoms with E-state index in [2.05, 4.69) is 23.6 Å². The fourth-order valence-corrected chi connectivity index (χ4v) is 3.80. The van der Waals surface area contributed by atoms with Gasteiger partial charge < -0.3 is 5.73 Å². The third-order valence-electron chi connectivity index (χ3n) is 3.46. The molecule has 0 aromatic carbocycles. The Morgan fingerprint density at radius 3 is 2.79 bits per heavy atom. The van der Waals surface area contributed by atoms with Crippen molar-refractivity contribution in [3.63, 3.8) is 0 Å². The monoisotopic (exact) mass is 214 g/mol. The molecule has 1 aliphatic carbocycles. The summed E-state index contributed by atoms with van der Waals surface area (Å²) in [5, 5.41) is 0.800. The summed E-state index contributed by atoms with van der Waals surface area (Å²) in [6.07, 6.45) is 5.17. The Balaban J connectivity index is 1.83. The van der Waals surface area contributed by atoms with E-state index in [4.69, 9.17) is 5.73 Å². The molecule has 2 aliphatic rings. The smallest absolute Gasteiger partial charge is 0.0283 e. The normalized spacial score (nSPS) is 33.4. The van der Waals surface area contributed by atoms with Gasteiger partial charge in [0.15, 0.2) is 0 Å². The number of thioether (sulfide) groups is 1. The minimum Gasteiger partial charge on any atom is -0.324 e. The number of hydrogen-bond acceptors (Lipinski definition) is 3. The lowest BCUT2D eigenvalue weighted by Crippen LogP contribution is -2.51. The van der Waals surface area contributed by atoms with Crippen LogP contribution in [0.2, 0.25) is 0 Å². The van der Waals surface area contributed by atoms with Gasteiger partial charge >= 0.3 is 0 Å². The molecule has 1 saturated heterocycles. The molecule has 0 radical (unpaired) electrons. The molecule has 14 heavy (non-hydrogen) atoms. The maximum absolute atomic E-state index is 6.39. The van der Waals surface area contributed by atoms with Crippen LogP contribution in [-0.4, -0.2) is 41.1 Å². The molecule has 0 aromatic rings. The quantitative estimate of drug-likeness (QED) is 0.758. The average Bonchev–Trinajstić information content (AvgIpc) is 2.51. The molecule has 2 nitrogen and oxygen atoms in total. The van der Waals surface area contributed by atoms with E-state index in [1.807, 2.05) is 0 Å². The van der Waals surface area contributed by atoms with Crippen LogP contribution in [0.15, 0.2) is 0 Å². The predicted octanol–water partition coefficient (Wildman–Crippen LogP) is 1.70. The minimum absolute atomic E-state index is 0.154. The summed E-state index contributed by atoms with van der Waals surface area (Å²) in [4.78, 5) is 2.58. The fourth-order valence-electron chi connectivity index (χ4n) is 2.72. The van der Waals surface area contributed by atoms with Crippen molar-refractivity contribution in [3.8, 4) is 0 Å². The minimum atomic E-state index is 0.154. The highest BCUT2D eigenvalue weighted by Crippen LogP contribution is 2.29. The van der Waals surface area contributed by atoms with Crippen molar-refractivity contribution in [2.75, 3.05) is 25.4 Å². The molecular formula is C11H22N2S. The Kier molecular flexibility index (Phi) is 3.40. The van der Waals surface area contributed by atoms with Gasteiger partial charge in [0.2, 0.25) is 0 Å². The van der Waals surface area contributed by atoms with E-state index in [0.29, 0.717) is 0 Å². The van der Waals surface area contributed by atoms with Gasteiger partial charge in [0, 0.05) is 36.2 Å². The van der Waals surface area contributed by atoms with Crippen LogP contribution in [0.25, 0.3) is 0 Å². The first-order chi connectivity index (χ1) is 6.68. The average molecular weight is 214 g/mol. The van der Waals surface area contributed by atoms with Gasteiger partial charge in [-0.1, -0.05) is 19.8 Å². The zero-order valence-corrected chi connectivity index (χ0v) is 9.98. The van der Waals surface area contributed by atoms with Gasteiger partial charge in [0.1, 0.15) is 0 Å². The van der Waals surface area contributed by atoms with Crippen molar-refractivity contribution in [2.24, 2.45) is 5.73 Å². The first-order valence-corrected chi connectivity index (χ1v) is 6.86. The molecule has 1 heterocycles. The molecule has 3 heteroatoms. The maximum Gasteiger partial charge on any atom is 0.0283 e. The van der Waals surface area contributed by atoms with Gasteiger partial charge in [-0.15, -0.1) is 0 Å². The highest BCUT2D eigenvalue weighted by atomic mass is 32.2. The van der Waals surface area contributed by atoms with Gasteiger partial charge in [-0.2, -0.15) is 11.8 Å². The highest BCUT2D eigenvalue weighted by Gasteiger charge is 2.32. The Morgan fingerprint density at radius 2 is 2.14 bits per heavy atom. The second kappa shape index (κ2) is 4.42. The summed E-state index contributed by atoms with van der Waals surface area (Å²) < 4.78 is 0. The second-order valence-electron chi connectivity index (χ2n) is 4.99. The SMILES string of the molecule is CC1CN(CC2(N)CCCC2)CCS1. The lowest BCUT2D eigenvalue weighted by atomic mass is 9.98. The third-order valence-corrected chi connectivity index (χ3v) is 4.60. The molecule has 0 bridgehead atoms. The van der Waals surface area contributed by atoms with Crippen molar-refractivity contribution in [3.05, 3.63) is 0 Å². The highest BCUT2D eigenvalue weighted by molar-refractivity contribution is 7.99. The van der Waals surface area contributed by atoms with E-state index in [9.17, 15) is 0 Å². The zero-order chi connectivity index (χ0) is 10.0. The van der Waals surface area contributed by atoms with Crippen LogP contribution in [0.3, 0.4) is 0 Å².